The highest BCUT2D eigenvalue weighted by molar-refractivity contribution is 5.84. The second kappa shape index (κ2) is 2.97. The summed E-state index contributed by atoms with van der Waals surface area (Å²) in [5.74, 6) is 0. The van der Waals surface area contributed by atoms with Crippen LogP contribution in [-0.2, 0) is 6.18 Å². The van der Waals surface area contributed by atoms with Gasteiger partial charge in [-0.1, -0.05) is 18.2 Å². The molecule has 0 saturated carbocycles. The molecule has 1 heterocycles. The zero-order valence-corrected chi connectivity index (χ0v) is 7.10. The van der Waals surface area contributed by atoms with Crippen LogP contribution in [0.25, 0.3) is 10.8 Å². The van der Waals surface area contributed by atoms with Gasteiger partial charge in [0.2, 0.25) is 0 Å². The molecule has 72 valence electrons. The molecule has 0 bridgehead atoms. The predicted molar refractivity (Wildman–Crippen MR) is 45.5 cm³/mol. The monoisotopic (exact) mass is 198 g/mol. The van der Waals surface area contributed by atoms with E-state index in [2.05, 4.69) is 4.98 Å². The van der Waals surface area contributed by atoms with Crippen molar-refractivity contribution in [2.45, 2.75) is 6.18 Å². The molecule has 0 saturated heterocycles. The second-order valence-corrected chi connectivity index (χ2v) is 2.95. The maximum Gasteiger partial charge on any atom is 0.422 e. The van der Waals surface area contributed by atoms with Crippen LogP contribution in [0, 0.1) is 0 Å². The average Bonchev–Trinajstić information content (AvgIpc) is 2.15. The third-order valence-corrected chi connectivity index (χ3v) is 2.02. The van der Waals surface area contributed by atoms with Crippen LogP contribution in [0.15, 0.2) is 36.7 Å². The Bertz CT molecular complexity index is 457. The van der Waals surface area contributed by atoms with Crippen LogP contribution in [0.5, 0.6) is 0 Å². The summed E-state index contributed by atoms with van der Waals surface area (Å²) in [6, 6.07) is 6.40. The lowest BCUT2D eigenvalue weighted by Crippen LogP contribution is -2.12. The number of alkyl halides is 3. The number of benzene rings is 1. The van der Waals surface area contributed by atoms with E-state index in [4.69, 9.17) is 0 Å². The molecule has 1 aromatic heterocycles. The van der Waals surface area contributed by atoms with Crippen molar-refractivity contribution in [3.05, 3.63) is 42.2 Å². The first kappa shape index (κ1) is 8.99. The molecule has 0 radical (unpaired) electrons. The zero-order chi connectivity index (χ0) is 10.2. The number of fused-ring (bicyclic) bond motifs is 1. The molecule has 0 aliphatic heterocycles. The van der Waals surface area contributed by atoms with Crippen LogP contribution in [0.1, 0.15) is 5.56 Å². The van der Waals surface area contributed by atoms with E-state index < -0.39 is 11.7 Å². The largest absolute Gasteiger partial charge is 0.422 e. The van der Waals surface area contributed by atoms with E-state index in [1.807, 2.05) is 0 Å². The third kappa shape index (κ3) is 1.43. The van der Waals surface area contributed by atoms with Crippen molar-refractivity contribution in [3.63, 3.8) is 0 Å². The minimum Gasteiger partial charge on any atom is -0.217 e. The lowest BCUT2D eigenvalue weighted by atomic mass is 10.1. The Kier molecular flexibility index (Phi) is 1.91. The topological polar surface area (TPSA) is 14.1 Å². The van der Waals surface area contributed by atoms with Gasteiger partial charge >= 0.3 is 6.18 Å². The Balaban J connectivity index is 2.78. The highest BCUT2D eigenvalue weighted by Gasteiger charge is 2.34. The molecule has 1 nitrogen and oxygen atoms in total. The summed E-state index contributed by atoms with van der Waals surface area (Å²) in [6.45, 7) is 0. The lowest BCUT2D eigenvalue weighted by Gasteiger charge is -2.06. The quantitative estimate of drug-likeness (QED) is 0.618. The number of pyridine rings is 1. The van der Waals surface area contributed by atoms with Crippen molar-refractivity contribution in [1.82, 2.24) is 0 Å². The highest BCUT2D eigenvalue weighted by atomic mass is 19.4. The molecule has 1 aromatic carbocycles. The number of aromatic amines is 1. The Morgan fingerprint density at radius 3 is 2.43 bits per heavy atom. The van der Waals surface area contributed by atoms with E-state index in [1.165, 1.54) is 6.07 Å². The minimum absolute atomic E-state index is 0.221. The number of nitrogens with one attached hydrogen (secondary N) is 1. The summed E-state index contributed by atoms with van der Waals surface area (Å²) in [4.78, 5) is 2.49. The molecule has 2 aromatic rings. The van der Waals surface area contributed by atoms with Crippen molar-refractivity contribution in [2.75, 3.05) is 0 Å². The molecular weight excluding hydrogens is 191 g/mol. The molecule has 0 aliphatic carbocycles. The van der Waals surface area contributed by atoms with Crippen molar-refractivity contribution in [3.8, 4) is 0 Å². The Labute approximate surface area is 78.2 Å². The fourth-order valence-electron chi connectivity index (χ4n) is 1.40. The minimum atomic E-state index is -4.31. The molecule has 0 fully saturated rings. The zero-order valence-electron chi connectivity index (χ0n) is 7.10. The van der Waals surface area contributed by atoms with Gasteiger partial charge in [0.1, 0.15) is 5.56 Å². The molecule has 14 heavy (non-hydrogen) atoms. The lowest BCUT2D eigenvalue weighted by molar-refractivity contribution is -0.379. The first-order chi connectivity index (χ1) is 6.59. The SMILES string of the molecule is FC(F)(F)c1c[nH+]cc2ccccc12. The predicted octanol–water partition coefficient (Wildman–Crippen LogP) is 2.67. The number of H-pyrrole nitrogens is 1. The van der Waals surface area contributed by atoms with Gasteiger partial charge in [-0.05, 0) is 6.07 Å². The maximum absolute atomic E-state index is 12.5. The van der Waals surface area contributed by atoms with E-state index in [0.29, 0.717) is 5.39 Å². The fraction of sp³-hybridized carbons (Fsp3) is 0.100. The Morgan fingerprint density at radius 2 is 1.71 bits per heavy atom. The summed E-state index contributed by atoms with van der Waals surface area (Å²) < 4.78 is 37.5. The van der Waals surface area contributed by atoms with Crippen LogP contribution in [0.4, 0.5) is 13.2 Å². The molecule has 0 unspecified atom stereocenters. The summed E-state index contributed by atoms with van der Waals surface area (Å²) in [5.41, 5.74) is -0.629. The molecular formula is C10H7F3N+. The van der Waals surface area contributed by atoms with Gasteiger partial charge in [0.05, 0.1) is 0 Å². The van der Waals surface area contributed by atoms with E-state index in [0.717, 1.165) is 6.20 Å². The van der Waals surface area contributed by atoms with Crippen LogP contribution in [0.3, 0.4) is 0 Å². The first-order valence-corrected chi connectivity index (χ1v) is 4.05. The average molecular weight is 198 g/mol. The van der Waals surface area contributed by atoms with Gasteiger partial charge < -0.3 is 0 Å². The summed E-state index contributed by atoms with van der Waals surface area (Å²) >= 11 is 0. The Morgan fingerprint density at radius 1 is 1.00 bits per heavy atom. The molecule has 1 N–H and O–H groups in total. The standard InChI is InChI=1S/C10H6F3N/c11-10(12,13)9-6-14-5-7-3-1-2-4-8(7)9/h1-6H/p+1. The van der Waals surface area contributed by atoms with Crippen LogP contribution in [0.2, 0.25) is 0 Å². The van der Waals surface area contributed by atoms with E-state index >= 15 is 0 Å². The number of rotatable bonds is 0. The van der Waals surface area contributed by atoms with Gasteiger partial charge in [-0.2, -0.15) is 13.2 Å². The fourth-order valence-corrected chi connectivity index (χ4v) is 1.40. The van der Waals surface area contributed by atoms with Crippen molar-refractivity contribution in [2.24, 2.45) is 0 Å². The van der Waals surface area contributed by atoms with E-state index in [1.54, 1.807) is 24.4 Å². The first-order valence-electron chi connectivity index (χ1n) is 4.05. The normalized spacial score (nSPS) is 11.9. The second-order valence-electron chi connectivity index (χ2n) is 2.95. The van der Waals surface area contributed by atoms with E-state index in [-0.39, 0.29) is 5.39 Å². The molecule has 0 spiro atoms. The molecule has 4 heteroatoms. The number of halogens is 3. The molecule has 0 atom stereocenters. The van der Waals surface area contributed by atoms with Crippen molar-refractivity contribution >= 4 is 10.8 Å². The van der Waals surface area contributed by atoms with Gasteiger partial charge in [-0.15, -0.1) is 0 Å². The van der Waals surface area contributed by atoms with Crippen LogP contribution in [-0.4, -0.2) is 0 Å². The molecule has 2 rings (SSSR count). The number of aromatic nitrogens is 1. The Hall–Kier alpha value is -1.58. The van der Waals surface area contributed by atoms with Crippen molar-refractivity contribution < 1.29 is 18.2 Å². The summed E-state index contributed by atoms with van der Waals surface area (Å²) in [6.07, 6.45) is -1.79. The number of hydrogen-bond donors (Lipinski definition) is 0. The van der Waals surface area contributed by atoms with Gasteiger partial charge in [-0.25, -0.2) is 4.98 Å². The van der Waals surface area contributed by atoms with Gasteiger partial charge in [0, 0.05) is 10.8 Å². The van der Waals surface area contributed by atoms with Crippen LogP contribution >= 0.6 is 0 Å². The third-order valence-electron chi connectivity index (χ3n) is 2.02. The van der Waals surface area contributed by atoms with Crippen LogP contribution < -0.4 is 4.98 Å². The molecule has 0 aliphatic rings. The van der Waals surface area contributed by atoms with Gasteiger partial charge in [0.15, 0.2) is 12.4 Å². The van der Waals surface area contributed by atoms with Gasteiger partial charge in [0.25, 0.3) is 0 Å². The van der Waals surface area contributed by atoms with Crippen molar-refractivity contribution in [1.29, 1.82) is 0 Å². The highest BCUT2D eigenvalue weighted by Crippen LogP contribution is 2.32. The summed E-state index contributed by atoms with van der Waals surface area (Å²) in [7, 11) is 0. The van der Waals surface area contributed by atoms with Gasteiger partial charge in [-0.3, -0.25) is 0 Å². The molecule has 0 amide bonds. The summed E-state index contributed by atoms with van der Waals surface area (Å²) in [5, 5.41) is 0.779. The maximum atomic E-state index is 12.5. The number of hydrogen-bond acceptors (Lipinski definition) is 0. The smallest absolute Gasteiger partial charge is 0.217 e. The van der Waals surface area contributed by atoms with E-state index in [9.17, 15) is 13.2 Å².